The molecule has 3 rings (SSSR count). The summed E-state index contributed by atoms with van der Waals surface area (Å²) in [5.41, 5.74) is 2.31. The van der Waals surface area contributed by atoms with Gasteiger partial charge in [0.15, 0.2) is 6.10 Å². The van der Waals surface area contributed by atoms with Crippen molar-refractivity contribution >= 4 is 29.1 Å². The maximum atomic E-state index is 12.9. The molecule has 2 amide bonds. The van der Waals surface area contributed by atoms with Gasteiger partial charge in [-0.25, -0.2) is 0 Å². The molecule has 27 heavy (non-hydrogen) atoms. The summed E-state index contributed by atoms with van der Waals surface area (Å²) in [5.74, 6) is 0.214. The average Bonchev–Trinajstić information content (AvgIpc) is 2.66. The fourth-order valence-corrected chi connectivity index (χ4v) is 3.22. The number of aryl methyl sites for hydroxylation is 1. The number of carbonyl (C=O) groups excluding carboxylic acids is 2. The van der Waals surface area contributed by atoms with Gasteiger partial charge < -0.3 is 19.7 Å². The molecular weight excluding hydrogens is 368 g/mol. The van der Waals surface area contributed by atoms with Gasteiger partial charge in [0.05, 0.1) is 13.2 Å². The van der Waals surface area contributed by atoms with Crippen LogP contribution in [0.4, 0.5) is 5.69 Å². The molecule has 1 aliphatic rings. The van der Waals surface area contributed by atoms with Crippen LogP contribution in [0.15, 0.2) is 42.5 Å². The van der Waals surface area contributed by atoms with E-state index in [9.17, 15) is 9.59 Å². The van der Waals surface area contributed by atoms with E-state index in [0.717, 1.165) is 11.1 Å². The second-order valence-corrected chi connectivity index (χ2v) is 6.84. The molecule has 0 radical (unpaired) electrons. The summed E-state index contributed by atoms with van der Waals surface area (Å²) >= 11 is 5.96. The molecule has 142 valence electrons. The molecule has 0 unspecified atom stereocenters. The average molecular weight is 389 g/mol. The van der Waals surface area contributed by atoms with Crippen molar-refractivity contribution in [1.29, 1.82) is 0 Å². The minimum Gasteiger partial charge on any atom is -0.497 e. The summed E-state index contributed by atoms with van der Waals surface area (Å²) in [7, 11) is 3.26. The number of nitrogens with zero attached hydrogens (tertiary/aromatic N) is 1. The minimum atomic E-state index is -0.838. The molecule has 7 heteroatoms. The Labute approximate surface area is 163 Å². The van der Waals surface area contributed by atoms with Gasteiger partial charge in [0.2, 0.25) is 5.91 Å². The quantitative estimate of drug-likeness (QED) is 0.873. The van der Waals surface area contributed by atoms with Gasteiger partial charge in [-0.15, -0.1) is 0 Å². The second kappa shape index (κ2) is 7.98. The smallest absolute Gasteiger partial charge is 0.256 e. The maximum Gasteiger partial charge on any atom is 0.256 e. The van der Waals surface area contributed by atoms with Gasteiger partial charge in [0, 0.05) is 17.8 Å². The zero-order valence-corrected chi connectivity index (χ0v) is 16.1. The number of benzene rings is 2. The zero-order valence-electron chi connectivity index (χ0n) is 15.4. The normalized spacial score (nSPS) is 19.7. The lowest BCUT2D eigenvalue weighted by molar-refractivity contribution is -0.160. The molecule has 1 aliphatic heterocycles. The van der Waals surface area contributed by atoms with Crippen LogP contribution in [-0.4, -0.2) is 43.6 Å². The predicted molar refractivity (Wildman–Crippen MR) is 103 cm³/mol. The van der Waals surface area contributed by atoms with Crippen LogP contribution < -0.4 is 10.1 Å². The van der Waals surface area contributed by atoms with E-state index in [-0.39, 0.29) is 18.4 Å². The maximum absolute atomic E-state index is 12.9. The Morgan fingerprint density at radius 3 is 2.59 bits per heavy atom. The van der Waals surface area contributed by atoms with Crippen molar-refractivity contribution in [2.45, 2.75) is 19.1 Å². The molecule has 0 spiro atoms. The third-order valence-electron chi connectivity index (χ3n) is 4.65. The molecule has 1 N–H and O–H groups in total. The summed E-state index contributed by atoms with van der Waals surface area (Å²) in [5, 5.41) is 3.48. The molecule has 1 fully saturated rings. The number of rotatable bonds is 4. The van der Waals surface area contributed by atoms with E-state index >= 15 is 0 Å². The number of hydrogen-bond donors (Lipinski definition) is 1. The molecule has 0 aromatic heterocycles. The van der Waals surface area contributed by atoms with Crippen molar-refractivity contribution in [3.05, 3.63) is 58.6 Å². The zero-order chi connectivity index (χ0) is 19.6. The van der Waals surface area contributed by atoms with Gasteiger partial charge >= 0.3 is 0 Å². The fraction of sp³-hybridized carbons (Fsp3) is 0.300. The van der Waals surface area contributed by atoms with Crippen molar-refractivity contribution in [3.63, 3.8) is 0 Å². The Kier molecular flexibility index (Phi) is 5.68. The summed E-state index contributed by atoms with van der Waals surface area (Å²) in [6.07, 6.45) is -0.838. The van der Waals surface area contributed by atoms with Gasteiger partial charge in [-0.1, -0.05) is 23.7 Å². The van der Waals surface area contributed by atoms with E-state index in [1.807, 2.05) is 13.0 Å². The highest BCUT2D eigenvalue weighted by molar-refractivity contribution is 6.30. The number of anilines is 1. The molecule has 0 bridgehead atoms. The van der Waals surface area contributed by atoms with E-state index in [1.54, 1.807) is 50.6 Å². The molecule has 1 heterocycles. The molecule has 2 atom stereocenters. The van der Waals surface area contributed by atoms with E-state index in [4.69, 9.17) is 21.1 Å². The van der Waals surface area contributed by atoms with E-state index < -0.39 is 12.1 Å². The third-order valence-corrected chi connectivity index (χ3v) is 4.90. The molecular formula is C20H21ClN2O4. The Morgan fingerprint density at radius 1 is 1.26 bits per heavy atom. The van der Waals surface area contributed by atoms with Gasteiger partial charge in [0.1, 0.15) is 12.4 Å². The van der Waals surface area contributed by atoms with Crippen LogP contribution in [0.5, 0.6) is 5.75 Å². The topological polar surface area (TPSA) is 67.9 Å². The molecule has 0 aliphatic carbocycles. The van der Waals surface area contributed by atoms with Crippen LogP contribution in [0, 0.1) is 6.92 Å². The van der Waals surface area contributed by atoms with Crippen LogP contribution in [0.25, 0.3) is 0 Å². The molecule has 0 saturated carbocycles. The summed E-state index contributed by atoms with van der Waals surface area (Å²) in [4.78, 5) is 26.6. The van der Waals surface area contributed by atoms with Crippen LogP contribution in [0.1, 0.15) is 17.2 Å². The fourth-order valence-electron chi connectivity index (χ4n) is 3.10. The number of hydrogen-bond acceptors (Lipinski definition) is 4. The van der Waals surface area contributed by atoms with Crippen LogP contribution in [0.3, 0.4) is 0 Å². The molecule has 2 aromatic rings. The van der Waals surface area contributed by atoms with Gasteiger partial charge in [-0.05, 0) is 48.4 Å². The highest BCUT2D eigenvalue weighted by Crippen LogP contribution is 2.31. The number of methoxy groups -OCH3 is 1. The van der Waals surface area contributed by atoms with Gasteiger partial charge in [-0.2, -0.15) is 0 Å². The molecule has 1 saturated heterocycles. The summed E-state index contributed by atoms with van der Waals surface area (Å²) in [6, 6.07) is 11.9. The predicted octanol–water partition coefficient (Wildman–Crippen LogP) is 3.19. The summed E-state index contributed by atoms with van der Waals surface area (Å²) < 4.78 is 10.8. The third kappa shape index (κ3) is 4.07. The van der Waals surface area contributed by atoms with E-state index in [1.165, 1.54) is 4.90 Å². The second-order valence-electron chi connectivity index (χ2n) is 6.40. The van der Waals surface area contributed by atoms with Crippen LogP contribution in [-0.2, 0) is 14.3 Å². The first-order valence-electron chi connectivity index (χ1n) is 8.49. The first kappa shape index (κ1) is 19.2. The highest BCUT2D eigenvalue weighted by Gasteiger charge is 2.40. The lowest BCUT2D eigenvalue weighted by Gasteiger charge is -2.38. The number of nitrogens with one attached hydrogen (secondary N) is 1. The summed E-state index contributed by atoms with van der Waals surface area (Å²) in [6.45, 7) is 1.74. The van der Waals surface area contributed by atoms with Crippen LogP contribution >= 0.6 is 11.6 Å². The monoisotopic (exact) mass is 388 g/mol. The Morgan fingerprint density at radius 2 is 1.96 bits per heavy atom. The van der Waals surface area contributed by atoms with Crippen molar-refractivity contribution in [2.75, 3.05) is 26.1 Å². The first-order valence-corrected chi connectivity index (χ1v) is 8.86. The van der Waals surface area contributed by atoms with Crippen molar-refractivity contribution in [3.8, 4) is 5.75 Å². The molecule has 2 aromatic carbocycles. The van der Waals surface area contributed by atoms with Gasteiger partial charge in [-0.3, -0.25) is 9.59 Å². The number of ether oxygens (including phenoxy) is 2. The first-order chi connectivity index (χ1) is 12.9. The van der Waals surface area contributed by atoms with Crippen molar-refractivity contribution in [1.82, 2.24) is 4.90 Å². The Hall–Kier alpha value is -2.57. The minimum absolute atomic E-state index is 0.139. The van der Waals surface area contributed by atoms with Crippen molar-refractivity contribution in [2.24, 2.45) is 0 Å². The number of amides is 2. The van der Waals surface area contributed by atoms with E-state index in [2.05, 4.69) is 5.32 Å². The highest BCUT2D eigenvalue weighted by atomic mass is 35.5. The number of carbonyl (C=O) groups is 2. The lowest BCUT2D eigenvalue weighted by Crippen LogP contribution is -2.51. The lowest BCUT2D eigenvalue weighted by atomic mass is 9.97. The van der Waals surface area contributed by atoms with Crippen LogP contribution in [0.2, 0.25) is 5.02 Å². The molecule has 6 nitrogen and oxygen atoms in total. The standard InChI is InChI=1S/C20H21ClN2O4/c1-12-10-15(26-3)8-9-16(12)22-20(25)19-18(23(2)17(24)11-27-19)13-4-6-14(21)7-5-13/h4-10,18-19H,11H2,1-3H3,(H,22,25)/t18-,19+/m1/s1. The number of morpholine rings is 1. The Bertz CT molecular complexity index is 854. The largest absolute Gasteiger partial charge is 0.497 e. The number of likely N-dealkylation sites (N-methyl/N-ethyl adjacent to an activating group) is 1. The number of halogens is 1. The van der Waals surface area contributed by atoms with E-state index in [0.29, 0.717) is 16.5 Å². The SMILES string of the molecule is COc1ccc(NC(=O)[C@H]2OCC(=O)N(C)[C@@H]2c2ccc(Cl)cc2)c(C)c1. The Balaban J connectivity index is 1.86. The van der Waals surface area contributed by atoms with Gasteiger partial charge in [0.25, 0.3) is 5.91 Å². The van der Waals surface area contributed by atoms with Crippen molar-refractivity contribution < 1.29 is 19.1 Å².